The van der Waals surface area contributed by atoms with Crippen LogP contribution in [0, 0.1) is 6.92 Å². The first-order valence-electron chi connectivity index (χ1n) is 8.00. The lowest BCUT2D eigenvalue weighted by molar-refractivity contribution is -0.118. The van der Waals surface area contributed by atoms with Gasteiger partial charge < -0.3 is 10.6 Å². The van der Waals surface area contributed by atoms with E-state index < -0.39 is 0 Å². The molecule has 9 heteroatoms. The maximum Gasteiger partial charge on any atom is 0.230 e. The van der Waals surface area contributed by atoms with Crippen molar-refractivity contribution in [1.82, 2.24) is 15.5 Å². The van der Waals surface area contributed by atoms with E-state index in [9.17, 15) is 4.79 Å². The lowest BCUT2D eigenvalue weighted by Gasteiger charge is -2.06. The first kappa shape index (κ1) is 19.9. The van der Waals surface area contributed by atoms with Crippen molar-refractivity contribution >= 4 is 63.0 Å². The Bertz CT molecular complexity index is 931. The average molecular weight is 439 g/mol. The van der Waals surface area contributed by atoms with Crippen LogP contribution in [0.5, 0.6) is 0 Å². The molecule has 0 unspecified atom stereocenters. The summed E-state index contributed by atoms with van der Waals surface area (Å²) in [7, 11) is 0. The van der Waals surface area contributed by atoms with Crippen molar-refractivity contribution in [1.29, 1.82) is 0 Å². The van der Waals surface area contributed by atoms with Crippen LogP contribution in [-0.2, 0) is 11.3 Å². The minimum absolute atomic E-state index is 0.103. The van der Waals surface area contributed by atoms with Gasteiger partial charge in [0.1, 0.15) is 0 Å². The molecule has 0 radical (unpaired) electrons. The predicted octanol–water partition coefficient (Wildman–Crippen LogP) is 5.31. The highest BCUT2D eigenvalue weighted by Crippen LogP contribution is 2.27. The summed E-state index contributed by atoms with van der Waals surface area (Å²) in [6, 6.07) is 13.2. The molecule has 0 atom stereocenters. The Kier molecular flexibility index (Phi) is 6.95. The highest BCUT2D eigenvalue weighted by atomic mass is 35.5. The molecule has 0 aliphatic carbocycles. The van der Waals surface area contributed by atoms with Gasteiger partial charge in [0.2, 0.25) is 11.0 Å². The van der Waals surface area contributed by atoms with Gasteiger partial charge in [-0.15, -0.1) is 10.2 Å². The Balaban J connectivity index is 1.46. The number of benzene rings is 2. The van der Waals surface area contributed by atoms with Gasteiger partial charge in [-0.1, -0.05) is 70.1 Å². The SMILES string of the molecule is Cc1ccc(Nc2nnc(SCC(=O)NCc3ccc(Cl)cc3Cl)s2)cc1. The Morgan fingerprint density at radius 3 is 2.67 bits per heavy atom. The highest BCUT2D eigenvalue weighted by molar-refractivity contribution is 8.01. The van der Waals surface area contributed by atoms with E-state index >= 15 is 0 Å². The number of hydrogen-bond acceptors (Lipinski definition) is 6. The molecular weight excluding hydrogens is 423 g/mol. The lowest BCUT2D eigenvalue weighted by Crippen LogP contribution is -2.24. The molecule has 1 amide bonds. The zero-order valence-corrected chi connectivity index (χ0v) is 17.5. The summed E-state index contributed by atoms with van der Waals surface area (Å²) in [6.45, 7) is 2.39. The zero-order valence-electron chi connectivity index (χ0n) is 14.3. The highest BCUT2D eigenvalue weighted by Gasteiger charge is 2.09. The molecule has 0 fully saturated rings. The maximum atomic E-state index is 12.0. The summed E-state index contributed by atoms with van der Waals surface area (Å²) in [5.41, 5.74) is 2.96. The molecular formula is C18H16Cl2N4OS2. The molecule has 0 saturated carbocycles. The molecule has 5 nitrogen and oxygen atoms in total. The topological polar surface area (TPSA) is 66.9 Å². The number of carbonyl (C=O) groups is 1. The molecule has 1 heterocycles. The van der Waals surface area contributed by atoms with E-state index in [0.717, 1.165) is 15.6 Å². The fourth-order valence-corrected chi connectivity index (χ4v) is 4.19. The first-order valence-corrected chi connectivity index (χ1v) is 10.6. The smallest absolute Gasteiger partial charge is 0.230 e. The quantitative estimate of drug-likeness (QED) is 0.489. The second-order valence-electron chi connectivity index (χ2n) is 5.67. The van der Waals surface area contributed by atoms with Crippen LogP contribution in [0.1, 0.15) is 11.1 Å². The number of amides is 1. The van der Waals surface area contributed by atoms with Gasteiger partial charge in [-0.2, -0.15) is 0 Å². The van der Waals surface area contributed by atoms with Crippen LogP contribution in [0.3, 0.4) is 0 Å². The molecule has 1 aromatic heterocycles. The van der Waals surface area contributed by atoms with Gasteiger partial charge in [0, 0.05) is 22.3 Å². The minimum atomic E-state index is -0.103. The molecule has 0 aliphatic rings. The van der Waals surface area contributed by atoms with Crippen LogP contribution in [-0.4, -0.2) is 21.9 Å². The number of nitrogens with one attached hydrogen (secondary N) is 2. The van der Waals surface area contributed by atoms with Gasteiger partial charge in [0.15, 0.2) is 4.34 Å². The minimum Gasteiger partial charge on any atom is -0.351 e. The van der Waals surface area contributed by atoms with Crippen LogP contribution < -0.4 is 10.6 Å². The van der Waals surface area contributed by atoms with Crippen LogP contribution in [0.4, 0.5) is 10.8 Å². The number of halogens is 2. The third-order valence-corrected chi connectivity index (χ3v) is 6.09. The van der Waals surface area contributed by atoms with E-state index in [1.165, 1.54) is 28.7 Å². The van der Waals surface area contributed by atoms with E-state index in [-0.39, 0.29) is 11.7 Å². The van der Waals surface area contributed by atoms with Crippen molar-refractivity contribution in [2.45, 2.75) is 17.8 Å². The van der Waals surface area contributed by atoms with Gasteiger partial charge in [0.05, 0.1) is 5.75 Å². The van der Waals surface area contributed by atoms with E-state index in [0.29, 0.717) is 21.7 Å². The van der Waals surface area contributed by atoms with Crippen LogP contribution in [0.2, 0.25) is 10.0 Å². The number of anilines is 2. The van der Waals surface area contributed by atoms with Crippen molar-refractivity contribution in [3.63, 3.8) is 0 Å². The molecule has 3 rings (SSSR count). The van der Waals surface area contributed by atoms with Crippen molar-refractivity contribution < 1.29 is 4.79 Å². The Labute approximate surface area is 175 Å². The van der Waals surface area contributed by atoms with Gasteiger partial charge >= 0.3 is 0 Å². The van der Waals surface area contributed by atoms with Crippen molar-refractivity contribution in [2.24, 2.45) is 0 Å². The van der Waals surface area contributed by atoms with Crippen molar-refractivity contribution in [3.8, 4) is 0 Å². The third kappa shape index (κ3) is 6.10. The zero-order chi connectivity index (χ0) is 19.2. The molecule has 2 N–H and O–H groups in total. The lowest BCUT2D eigenvalue weighted by atomic mass is 10.2. The Hall–Kier alpha value is -1.80. The number of aryl methyl sites for hydroxylation is 1. The van der Waals surface area contributed by atoms with Gasteiger partial charge in [-0.05, 0) is 36.8 Å². The summed E-state index contributed by atoms with van der Waals surface area (Å²) in [6.07, 6.45) is 0. The fraction of sp³-hybridized carbons (Fsp3) is 0.167. The van der Waals surface area contributed by atoms with E-state index in [1.54, 1.807) is 18.2 Å². The van der Waals surface area contributed by atoms with E-state index in [1.807, 2.05) is 31.2 Å². The molecule has 3 aromatic rings. The van der Waals surface area contributed by atoms with Crippen molar-refractivity contribution in [3.05, 3.63) is 63.6 Å². The summed E-state index contributed by atoms with van der Waals surface area (Å²) < 4.78 is 0.726. The number of hydrogen-bond donors (Lipinski definition) is 2. The summed E-state index contributed by atoms with van der Waals surface area (Å²) in [5.74, 6) is 0.152. The number of aromatic nitrogens is 2. The number of rotatable bonds is 7. The van der Waals surface area contributed by atoms with Crippen LogP contribution in [0.15, 0.2) is 46.8 Å². The predicted molar refractivity (Wildman–Crippen MR) is 113 cm³/mol. The summed E-state index contributed by atoms with van der Waals surface area (Å²) in [4.78, 5) is 12.0. The second kappa shape index (κ2) is 9.41. The molecule has 2 aromatic carbocycles. The van der Waals surface area contributed by atoms with E-state index in [4.69, 9.17) is 23.2 Å². The summed E-state index contributed by atoms with van der Waals surface area (Å²) >= 11 is 14.7. The van der Waals surface area contributed by atoms with Crippen LogP contribution in [0.25, 0.3) is 0 Å². The number of nitrogens with zero attached hydrogens (tertiary/aromatic N) is 2. The number of thioether (sulfide) groups is 1. The van der Waals surface area contributed by atoms with Gasteiger partial charge in [0.25, 0.3) is 0 Å². The normalized spacial score (nSPS) is 10.6. The molecule has 0 bridgehead atoms. The Morgan fingerprint density at radius 1 is 1.15 bits per heavy atom. The monoisotopic (exact) mass is 438 g/mol. The average Bonchev–Trinajstić information content (AvgIpc) is 3.08. The largest absolute Gasteiger partial charge is 0.351 e. The van der Waals surface area contributed by atoms with E-state index in [2.05, 4.69) is 20.8 Å². The molecule has 0 aliphatic heterocycles. The Morgan fingerprint density at radius 2 is 1.93 bits per heavy atom. The standard InChI is InChI=1S/C18H16Cl2N4OS2/c1-11-2-6-14(7-3-11)22-17-23-24-18(27-17)26-10-16(25)21-9-12-4-5-13(19)8-15(12)20/h2-8H,9-10H2,1H3,(H,21,25)(H,22,23). The van der Waals surface area contributed by atoms with Crippen molar-refractivity contribution in [2.75, 3.05) is 11.1 Å². The fourth-order valence-electron chi connectivity index (χ4n) is 2.12. The second-order valence-corrected chi connectivity index (χ2v) is 8.71. The first-order chi connectivity index (χ1) is 13.0. The molecule has 0 spiro atoms. The number of carbonyl (C=O) groups excluding carboxylic acids is 1. The van der Waals surface area contributed by atoms with Gasteiger partial charge in [-0.25, -0.2) is 0 Å². The van der Waals surface area contributed by atoms with Gasteiger partial charge in [-0.3, -0.25) is 4.79 Å². The molecule has 140 valence electrons. The molecule has 27 heavy (non-hydrogen) atoms. The molecule has 0 saturated heterocycles. The van der Waals surface area contributed by atoms with Crippen LogP contribution >= 0.6 is 46.3 Å². The maximum absolute atomic E-state index is 12.0. The third-order valence-electron chi connectivity index (χ3n) is 3.53. The summed E-state index contributed by atoms with van der Waals surface area (Å²) in [5, 5.41) is 16.0.